The standard InChI is InChI=1S/C17H20/c1-15-8-7-13-17(14-15)12-6-5-11-16-9-3-2-4-10-16/h2-4,7-10,13-14H,5-6,11-12H2,1H3. The van der Waals surface area contributed by atoms with Crippen molar-refractivity contribution in [3.05, 3.63) is 71.3 Å². The smallest absolute Gasteiger partial charge is 0.0279 e. The number of benzene rings is 2. The molecule has 0 atom stereocenters. The van der Waals surface area contributed by atoms with Crippen molar-refractivity contribution in [3.8, 4) is 0 Å². The van der Waals surface area contributed by atoms with Crippen LogP contribution >= 0.6 is 0 Å². The minimum atomic E-state index is 1.20. The van der Waals surface area contributed by atoms with Crippen molar-refractivity contribution in [2.75, 3.05) is 0 Å². The van der Waals surface area contributed by atoms with Crippen LogP contribution in [0.15, 0.2) is 54.6 Å². The third kappa shape index (κ3) is 4.07. The van der Waals surface area contributed by atoms with Gasteiger partial charge < -0.3 is 0 Å². The first-order chi connectivity index (χ1) is 8.34. The molecule has 0 aliphatic heterocycles. The van der Waals surface area contributed by atoms with E-state index in [2.05, 4.69) is 61.5 Å². The summed E-state index contributed by atoms with van der Waals surface area (Å²) >= 11 is 0. The molecule has 0 bridgehead atoms. The van der Waals surface area contributed by atoms with Crippen molar-refractivity contribution in [1.29, 1.82) is 0 Å². The Morgan fingerprint density at radius 3 is 2.06 bits per heavy atom. The fourth-order valence-electron chi connectivity index (χ4n) is 2.17. The van der Waals surface area contributed by atoms with Gasteiger partial charge in [0.1, 0.15) is 0 Å². The third-order valence-electron chi connectivity index (χ3n) is 3.11. The zero-order valence-corrected chi connectivity index (χ0v) is 10.5. The average Bonchev–Trinajstić information content (AvgIpc) is 2.36. The van der Waals surface area contributed by atoms with Crippen molar-refractivity contribution < 1.29 is 0 Å². The van der Waals surface area contributed by atoms with Crippen molar-refractivity contribution in [3.63, 3.8) is 0 Å². The van der Waals surface area contributed by atoms with E-state index in [1.807, 2.05) is 0 Å². The fraction of sp³-hybridized carbons (Fsp3) is 0.294. The van der Waals surface area contributed by atoms with Crippen LogP contribution in [0, 0.1) is 6.92 Å². The van der Waals surface area contributed by atoms with Gasteiger partial charge in [0.2, 0.25) is 0 Å². The molecule has 0 fully saturated rings. The Bertz CT molecular complexity index is 443. The number of hydrogen-bond donors (Lipinski definition) is 0. The van der Waals surface area contributed by atoms with E-state index in [1.165, 1.54) is 42.4 Å². The first-order valence-electron chi connectivity index (χ1n) is 6.44. The highest BCUT2D eigenvalue weighted by molar-refractivity contribution is 5.22. The molecule has 17 heavy (non-hydrogen) atoms. The molecule has 0 unspecified atom stereocenters. The van der Waals surface area contributed by atoms with Crippen LogP contribution in [-0.4, -0.2) is 0 Å². The molecule has 0 aliphatic rings. The Hall–Kier alpha value is -1.56. The van der Waals surface area contributed by atoms with Crippen LogP contribution in [0.2, 0.25) is 0 Å². The molecule has 0 N–H and O–H groups in total. The summed E-state index contributed by atoms with van der Waals surface area (Å²) in [6.07, 6.45) is 4.96. The minimum Gasteiger partial charge on any atom is -0.0622 e. The van der Waals surface area contributed by atoms with E-state index in [0.717, 1.165) is 0 Å². The molecule has 88 valence electrons. The van der Waals surface area contributed by atoms with Crippen LogP contribution in [0.4, 0.5) is 0 Å². The molecule has 2 aromatic rings. The maximum atomic E-state index is 2.29. The van der Waals surface area contributed by atoms with Crippen molar-refractivity contribution in [2.24, 2.45) is 0 Å². The zero-order valence-electron chi connectivity index (χ0n) is 10.5. The van der Waals surface area contributed by atoms with E-state index in [-0.39, 0.29) is 0 Å². The molecule has 0 heteroatoms. The van der Waals surface area contributed by atoms with Crippen molar-refractivity contribution in [1.82, 2.24) is 0 Å². The third-order valence-corrected chi connectivity index (χ3v) is 3.11. The van der Waals surface area contributed by atoms with Gasteiger partial charge in [-0.1, -0.05) is 60.2 Å². The molecule has 0 amide bonds. The van der Waals surface area contributed by atoms with Gasteiger partial charge >= 0.3 is 0 Å². The second-order valence-corrected chi connectivity index (χ2v) is 4.68. The summed E-state index contributed by atoms with van der Waals surface area (Å²) in [4.78, 5) is 0. The Balaban J connectivity index is 1.73. The van der Waals surface area contributed by atoms with Crippen LogP contribution < -0.4 is 0 Å². The summed E-state index contributed by atoms with van der Waals surface area (Å²) in [5.41, 5.74) is 4.29. The first kappa shape index (κ1) is 11.9. The molecule has 0 radical (unpaired) electrons. The van der Waals surface area contributed by atoms with Crippen LogP contribution in [0.3, 0.4) is 0 Å². The Morgan fingerprint density at radius 1 is 0.706 bits per heavy atom. The fourth-order valence-corrected chi connectivity index (χ4v) is 2.17. The Kier molecular flexibility index (Phi) is 4.37. The Labute approximate surface area is 104 Å². The molecule has 0 saturated heterocycles. The van der Waals surface area contributed by atoms with Crippen LogP contribution in [0.5, 0.6) is 0 Å². The van der Waals surface area contributed by atoms with E-state index >= 15 is 0 Å². The highest BCUT2D eigenvalue weighted by Gasteiger charge is 1.95. The lowest BCUT2D eigenvalue weighted by atomic mass is 10.0. The van der Waals surface area contributed by atoms with Gasteiger partial charge in [0, 0.05) is 0 Å². The molecule has 2 rings (SSSR count). The van der Waals surface area contributed by atoms with Gasteiger partial charge in [0.15, 0.2) is 0 Å². The highest BCUT2D eigenvalue weighted by Crippen LogP contribution is 2.10. The number of aryl methyl sites for hydroxylation is 3. The maximum absolute atomic E-state index is 2.29. The lowest BCUT2D eigenvalue weighted by molar-refractivity contribution is 0.734. The lowest BCUT2D eigenvalue weighted by Crippen LogP contribution is -1.89. The van der Waals surface area contributed by atoms with E-state index < -0.39 is 0 Å². The molecule has 0 saturated carbocycles. The number of rotatable bonds is 5. The van der Waals surface area contributed by atoms with Gasteiger partial charge in [-0.3, -0.25) is 0 Å². The molecule has 0 spiro atoms. The highest BCUT2D eigenvalue weighted by atomic mass is 14.0. The van der Waals surface area contributed by atoms with Crippen LogP contribution in [0.1, 0.15) is 29.5 Å². The van der Waals surface area contributed by atoms with Crippen LogP contribution in [0.25, 0.3) is 0 Å². The van der Waals surface area contributed by atoms with Crippen LogP contribution in [-0.2, 0) is 12.8 Å². The molecular formula is C17H20. The second kappa shape index (κ2) is 6.24. The predicted octanol–water partition coefficient (Wildman–Crippen LogP) is 4.56. The monoisotopic (exact) mass is 224 g/mol. The van der Waals surface area contributed by atoms with Crippen molar-refractivity contribution >= 4 is 0 Å². The molecule has 2 aromatic carbocycles. The number of unbranched alkanes of at least 4 members (excludes halogenated alkanes) is 1. The minimum absolute atomic E-state index is 1.20. The van der Waals surface area contributed by atoms with Gasteiger partial charge in [-0.05, 0) is 43.7 Å². The Morgan fingerprint density at radius 2 is 1.35 bits per heavy atom. The van der Waals surface area contributed by atoms with Gasteiger partial charge in [-0.2, -0.15) is 0 Å². The molecular weight excluding hydrogens is 204 g/mol. The van der Waals surface area contributed by atoms with Gasteiger partial charge in [0.25, 0.3) is 0 Å². The SMILES string of the molecule is Cc1cccc(CCCCc2ccccc2)c1. The lowest BCUT2D eigenvalue weighted by Gasteiger charge is -2.03. The summed E-state index contributed by atoms with van der Waals surface area (Å²) in [6.45, 7) is 2.16. The maximum Gasteiger partial charge on any atom is -0.0279 e. The largest absolute Gasteiger partial charge is 0.0622 e. The summed E-state index contributed by atoms with van der Waals surface area (Å²) in [5, 5.41) is 0. The van der Waals surface area contributed by atoms with E-state index in [1.54, 1.807) is 0 Å². The predicted molar refractivity (Wildman–Crippen MR) is 74.3 cm³/mol. The van der Waals surface area contributed by atoms with Gasteiger partial charge in [-0.25, -0.2) is 0 Å². The summed E-state index contributed by atoms with van der Waals surface area (Å²) in [7, 11) is 0. The molecule has 0 aliphatic carbocycles. The molecule has 0 aromatic heterocycles. The normalized spacial score (nSPS) is 10.4. The average molecular weight is 224 g/mol. The summed E-state index contributed by atoms with van der Waals surface area (Å²) < 4.78 is 0. The number of hydrogen-bond acceptors (Lipinski definition) is 0. The van der Waals surface area contributed by atoms with E-state index in [0.29, 0.717) is 0 Å². The van der Waals surface area contributed by atoms with Gasteiger partial charge in [0.05, 0.1) is 0 Å². The second-order valence-electron chi connectivity index (χ2n) is 4.68. The topological polar surface area (TPSA) is 0 Å². The first-order valence-corrected chi connectivity index (χ1v) is 6.44. The molecule has 0 nitrogen and oxygen atoms in total. The molecule has 0 heterocycles. The van der Waals surface area contributed by atoms with Crippen molar-refractivity contribution in [2.45, 2.75) is 32.6 Å². The zero-order chi connectivity index (χ0) is 11.9. The van der Waals surface area contributed by atoms with Gasteiger partial charge in [-0.15, -0.1) is 0 Å². The summed E-state index contributed by atoms with van der Waals surface area (Å²) in [5.74, 6) is 0. The summed E-state index contributed by atoms with van der Waals surface area (Å²) in [6, 6.07) is 19.6. The van der Waals surface area contributed by atoms with E-state index in [4.69, 9.17) is 0 Å². The quantitative estimate of drug-likeness (QED) is 0.653. The van der Waals surface area contributed by atoms with E-state index in [9.17, 15) is 0 Å².